The first-order valence-electron chi connectivity index (χ1n) is 7.31. The van der Waals surface area contributed by atoms with Crippen LogP contribution in [0.25, 0.3) is 0 Å². The van der Waals surface area contributed by atoms with E-state index in [0.717, 1.165) is 4.88 Å². The van der Waals surface area contributed by atoms with Gasteiger partial charge in [-0.15, -0.1) is 11.3 Å². The number of anilines is 1. The molecule has 2 aromatic rings. The molecule has 0 unspecified atom stereocenters. The van der Waals surface area contributed by atoms with E-state index in [0.29, 0.717) is 23.6 Å². The number of hydrogen-bond acceptors (Lipinski definition) is 4. The number of nitrogens with zero attached hydrogens (tertiary/aromatic N) is 1. The summed E-state index contributed by atoms with van der Waals surface area (Å²) in [7, 11) is 0. The van der Waals surface area contributed by atoms with Crippen molar-refractivity contribution in [2.24, 2.45) is 11.0 Å². The third kappa shape index (κ3) is 5.67. The fourth-order valence-corrected chi connectivity index (χ4v) is 2.46. The smallest absolute Gasteiger partial charge is 0.271 e. The van der Waals surface area contributed by atoms with Crippen LogP contribution >= 0.6 is 11.3 Å². The molecule has 0 atom stereocenters. The summed E-state index contributed by atoms with van der Waals surface area (Å²) in [5.41, 5.74) is 3.63. The van der Waals surface area contributed by atoms with Crippen molar-refractivity contribution in [2.45, 2.75) is 20.3 Å². The molecule has 2 rings (SSSR count). The lowest BCUT2D eigenvalue weighted by Gasteiger charge is -2.07. The summed E-state index contributed by atoms with van der Waals surface area (Å²) in [5.74, 6) is -0.0168. The molecule has 0 aliphatic carbocycles. The number of nitrogens with one attached hydrogen (secondary N) is 2. The first-order valence-corrected chi connectivity index (χ1v) is 8.19. The third-order valence-electron chi connectivity index (χ3n) is 2.93. The van der Waals surface area contributed by atoms with Gasteiger partial charge >= 0.3 is 0 Å². The second-order valence-electron chi connectivity index (χ2n) is 5.44. The number of amides is 2. The van der Waals surface area contributed by atoms with Crippen molar-refractivity contribution in [3.63, 3.8) is 0 Å². The van der Waals surface area contributed by atoms with E-state index in [4.69, 9.17) is 0 Å². The van der Waals surface area contributed by atoms with Gasteiger partial charge in [-0.2, -0.15) is 5.10 Å². The molecule has 2 N–H and O–H groups in total. The monoisotopic (exact) mass is 329 g/mol. The van der Waals surface area contributed by atoms with Crippen LogP contribution in [0.5, 0.6) is 0 Å². The van der Waals surface area contributed by atoms with Gasteiger partial charge in [-0.25, -0.2) is 5.43 Å². The summed E-state index contributed by atoms with van der Waals surface area (Å²) < 4.78 is 0. The van der Waals surface area contributed by atoms with E-state index in [2.05, 4.69) is 15.8 Å². The van der Waals surface area contributed by atoms with Gasteiger partial charge in [-0.05, 0) is 41.6 Å². The van der Waals surface area contributed by atoms with Gasteiger partial charge in [0.05, 0.1) is 6.21 Å². The predicted molar refractivity (Wildman–Crippen MR) is 93.9 cm³/mol. The zero-order valence-corrected chi connectivity index (χ0v) is 13.9. The summed E-state index contributed by atoms with van der Waals surface area (Å²) in [4.78, 5) is 24.6. The summed E-state index contributed by atoms with van der Waals surface area (Å²) in [5, 5.41) is 8.65. The Bertz CT molecular complexity index is 676. The number of hydrazone groups is 1. The number of hydrogen-bond donors (Lipinski definition) is 2. The molecular formula is C17H19N3O2S. The van der Waals surface area contributed by atoms with Crippen molar-refractivity contribution in [3.8, 4) is 0 Å². The zero-order chi connectivity index (χ0) is 16.7. The fourth-order valence-electron chi connectivity index (χ4n) is 1.87. The summed E-state index contributed by atoms with van der Waals surface area (Å²) in [6.07, 6.45) is 2.07. The van der Waals surface area contributed by atoms with Gasteiger partial charge in [0.25, 0.3) is 5.91 Å². The van der Waals surface area contributed by atoms with E-state index in [1.54, 1.807) is 41.8 Å². The van der Waals surface area contributed by atoms with Gasteiger partial charge in [0.2, 0.25) is 5.91 Å². The van der Waals surface area contributed by atoms with E-state index in [-0.39, 0.29) is 11.8 Å². The Morgan fingerprint density at radius 2 is 1.96 bits per heavy atom. The van der Waals surface area contributed by atoms with Crippen LogP contribution in [0.3, 0.4) is 0 Å². The molecule has 1 aromatic carbocycles. The second-order valence-corrected chi connectivity index (χ2v) is 6.42. The second kappa shape index (κ2) is 8.24. The highest BCUT2D eigenvalue weighted by atomic mass is 32.1. The Balaban J connectivity index is 1.88. The van der Waals surface area contributed by atoms with Crippen LogP contribution in [0.2, 0.25) is 0 Å². The molecule has 1 aromatic heterocycles. The van der Waals surface area contributed by atoms with Crippen molar-refractivity contribution in [1.82, 2.24) is 5.43 Å². The van der Waals surface area contributed by atoms with Crippen LogP contribution in [-0.4, -0.2) is 18.0 Å². The average molecular weight is 329 g/mol. The Labute approximate surface area is 139 Å². The summed E-state index contributed by atoms with van der Waals surface area (Å²) in [6.45, 7) is 3.98. The largest absolute Gasteiger partial charge is 0.326 e. The van der Waals surface area contributed by atoms with Crippen molar-refractivity contribution in [3.05, 3.63) is 52.2 Å². The van der Waals surface area contributed by atoms with Crippen LogP contribution in [0.15, 0.2) is 46.9 Å². The number of thiophene rings is 1. The SMILES string of the molecule is CC(C)CC(=O)Nc1ccc(C(=O)NN=Cc2cccs2)cc1. The molecule has 1 heterocycles. The maximum absolute atomic E-state index is 11.9. The fraction of sp³-hybridized carbons (Fsp3) is 0.235. The minimum Gasteiger partial charge on any atom is -0.326 e. The zero-order valence-electron chi connectivity index (χ0n) is 13.1. The Morgan fingerprint density at radius 1 is 1.22 bits per heavy atom. The first-order chi connectivity index (χ1) is 11.0. The van der Waals surface area contributed by atoms with Crippen LogP contribution in [-0.2, 0) is 4.79 Å². The van der Waals surface area contributed by atoms with Gasteiger partial charge in [0.15, 0.2) is 0 Å². The molecule has 23 heavy (non-hydrogen) atoms. The van der Waals surface area contributed by atoms with Crippen LogP contribution < -0.4 is 10.7 Å². The lowest BCUT2D eigenvalue weighted by molar-refractivity contribution is -0.116. The molecule has 0 aliphatic rings. The third-order valence-corrected chi connectivity index (χ3v) is 3.73. The van der Waals surface area contributed by atoms with Crippen molar-refractivity contribution < 1.29 is 9.59 Å². The molecule has 0 spiro atoms. The van der Waals surface area contributed by atoms with Gasteiger partial charge in [-0.1, -0.05) is 19.9 Å². The van der Waals surface area contributed by atoms with Gasteiger partial charge in [0.1, 0.15) is 0 Å². The van der Waals surface area contributed by atoms with Gasteiger partial charge in [-0.3, -0.25) is 9.59 Å². The molecule has 5 nitrogen and oxygen atoms in total. The maximum Gasteiger partial charge on any atom is 0.271 e. The highest BCUT2D eigenvalue weighted by Gasteiger charge is 2.07. The Morgan fingerprint density at radius 3 is 2.57 bits per heavy atom. The minimum atomic E-state index is -0.294. The van der Waals surface area contributed by atoms with Crippen LogP contribution in [0, 0.1) is 5.92 Å². The predicted octanol–water partition coefficient (Wildman–Crippen LogP) is 3.50. The highest BCUT2D eigenvalue weighted by molar-refractivity contribution is 7.11. The number of carbonyl (C=O) groups excluding carboxylic acids is 2. The maximum atomic E-state index is 11.9. The van der Waals surface area contributed by atoms with E-state index in [9.17, 15) is 9.59 Å². The first kappa shape index (κ1) is 16.9. The van der Waals surface area contributed by atoms with Gasteiger partial charge in [0, 0.05) is 22.5 Å². The quantitative estimate of drug-likeness (QED) is 0.629. The summed E-state index contributed by atoms with van der Waals surface area (Å²) in [6, 6.07) is 10.5. The molecule has 2 amide bonds. The highest BCUT2D eigenvalue weighted by Crippen LogP contribution is 2.11. The van der Waals surface area contributed by atoms with E-state index in [1.165, 1.54) is 0 Å². The van der Waals surface area contributed by atoms with Crippen molar-refractivity contribution >= 4 is 35.1 Å². The van der Waals surface area contributed by atoms with Crippen molar-refractivity contribution in [2.75, 3.05) is 5.32 Å². The Kier molecular flexibility index (Phi) is 6.05. The minimum absolute atomic E-state index is 0.0299. The topological polar surface area (TPSA) is 70.6 Å². The van der Waals surface area contributed by atoms with Crippen LogP contribution in [0.1, 0.15) is 35.5 Å². The van der Waals surface area contributed by atoms with Crippen LogP contribution in [0.4, 0.5) is 5.69 Å². The lowest BCUT2D eigenvalue weighted by Crippen LogP contribution is -2.18. The van der Waals surface area contributed by atoms with Gasteiger partial charge < -0.3 is 5.32 Å². The molecule has 0 saturated heterocycles. The average Bonchev–Trinajstić information content (AvgIpc) is 3.00. The number of benzene rings is 1. The molecular weight excluding hydrogens is 310 g/mol. The molecule has 0 bridgehead atoms. The molecule has 6 heteroatoms. The molecule has 0 radical (unpaired) electrons. The number of rotatable bonds is 6. The number of carbonyl (C=O) groups is 2. The lowest BCUT2D eigenvalue weighted by atomic mass is 10.1. The molecule has 0 aliphatic heterocycles. The van der Waals surface area contributed by atoms with Crippen molar-refractivity contribution in [1.29, 1.82) is 0 Å². The van der Waals surface area contributed by atoms with E-state index in [1.807, 2.05) is 31.4 Å². The van der Waals surface area contributed by atoms with E-state index >= 15 is 0 Å². The normalized spacial score (nSPS) is 10.9. The molecule has 120 valence electrons. The standard InChI is InChI=1S/C17H19N3O2S/c1-12(2)10-16(21)19-14-7-5-13(6-8-14)17(22)20-18-11-15-4-3-9-23-15/h3-9,11-12H,10H2,1-2H3,(H,19,21)(H,20,22). The Hall–Kier alpha value is -2.47. The van der Waals surface area contributed by atoms with E-state index < -0.39 is 0 Å². The molecule has 0 fully saturated rings. The summed E-state index contributed by atoms with van der Waals surface area (Å²) >= 11 is 1.54. The molecule has 0 saturated carbocycles.